The molecular formula is C21H22N2O3S2. The van der Waals surface area contributed by atoms with E-state index in [1.165, 1.54) is 28.0 Å². The minimum absolute atomic E-state index is 0.0258. The number of amides is 1. The van der Waals surface area contributed by atoms with Crippen molar-refractivity contribution in [2.24, 2.45) is 0 Å². The number of carbonyl (C=O) groups is 2. The molecule has 3 rings (SSSR count). The van der Waals surface area contributed by atoms with E-state index < -0.39 is 0 Å². The van der Waals surface area contributed by atoms with Crippen molar-refractivity contribution < 1.29 is 14.3 Å². The molecule has 0 aliphatic heterocycles. The second-order valence-electron chi connectivity index (χ2n) is 6.45. The van der Waals surface area contributed by atoms with Crippen molar-refractivity contribution in [3.63, 3.8) is 0 Å². The van der Waals surface area contributed by atoms with Crippen LogP contribution in [-0.2, 0) is 4.79 Å². The maximum absolute atomic E-state index is 12.1. The summed E-state index contributed by atoms with van der Waals surface area (Å²) < 4.78 is 5.62. The van der Waals surface area contributed by atoms with Crippen LogP contribution in [0.5, 0.6) is 5.75 Å². The first-order valence-electron chi connectivity index (χ1n) is 8.99. The lowest BCUT2D eigenvalue weighted by atomic mass is 10.1. The van der Waals surface area contributed by atoms with E-state index in [0.717, 1.165) is 11.3 Å². The van der Waals surface area contributed by atoms with Crippen LogP contribution in [0, 0.1) is 13.8 Å². The molecule has 5 nitrogen and oxygen atoms in total. The van der Waals surface area contributed by atoms with Crippen molar-refractivity contribution in [2.45, 2.75) is 33.6 Å². The monoisotopic (exact) mass is 414 g/mol. The fraction of sp³-hybridized carbons (Fsp3) is 0.286. The Balaban J connectivity index is 1.43. The first kappa shape index (κ1) is 20.2. The van der Waals surface area contributed by atoms with E-state index in [2.05, 4.69) is 30.2 Å². The number of benzene rings is 1. The van der Waals surface area contributed by atoms with E-state index >= 15 is 0 Å². The number of thiazole rings is 1. The van der Waals surface area contributed by atoms with Crippen LogP contribution < -0.4 is 10.1 Å². The maximum Gasteiger partial charge on any atom is 0.226 e. The van der Waals surface area contributed by atoms with E-state index in [1.54, 1.807) is 35.6 Å². The number of nitrogens with one attached hydrogen (secondary N) is 1. The Bertz CT molecular complexity index is 974. The van der Waals surface area contributed by atoms with Gasteiger partial charge in [-0.2, -0.15) is 0 Å². The van der Waals surface area contributed by atoms with E-state index in [4.69, 9.17) is 4.74 Å². The van der Waals surface area contributed by atoms with Crippen molar-refractivity contribution >= 4 is 39.5 Å². The highest BCUT2D eigenvalue weighted by atomic mass is 32.1. The molecule has 0 aliphatic carbocycles. The predicted octanol–water partition coefficient (Wildman–Crippen LogP) is 5.49. The lowest BCUT2D eigenvalue weighted by Gasteiger charge is -2.06. The summed E-state index contributed by atoms with van der Waals surface area (Å²) in [5.41, 5.74) is 2.69. The van der Waals surface area contributed by atoms with Gasteiger partial charge >= 0.3 is 0 Å². The molecule has 1 amide bonds. The summed E-state index contributed by atoms with van der Waals surface area (Å²) in [7, 11) is 0. The van der Waals surface area contributed by atoms with Gasteiger partial charge < -0.3 is 10.1 Å². The van der Waals surface area contributed by atoms with Gasteiger partial charge in [0.15, 0.2) is 10.9 Å². The molecule has 0 spiro atoms. The van der Waals surface area contributed by atoms with E-state index in [0.29, 0.717) is 35.9 Å². The molecule has 0 aliphatic rings. The molecule has 0 saturated carbocycles. The van der Waals surface area contributed by atoms with Crippen LogP contribution in [0.3, 0.4) is 0 Å². The van der Waals surface area contributed by atoms with Gasteiger partial charge in [0.05, 0.1) is 12.3 Å². The van der Waals surface area contributed by atoms with Crippen LogP contribution in [0.2, 0.25) is 0 Å². The molecule has 0 atom stereocenters. The zero-order valence-electron chi connectivity index (χ0n) is 16.1. The van der Waals surface area contributed by atoms with Gasteiger partial charge in [-0.25, -0.2) is 4.98 Å². The summed E-state index contributed by atoms with van der Waals surface area (Å²) in [6, 6.07) is 9.13. The number of ketones is 1. The number of Topliss-reactive ketones (excluding diaryl/α,β-unsaturated/α-hetero) is 1. The maximum atomic E-state index is 12.1. The summed E-state index contributed by atoms with van der Waals surface area (Å²) in [6.45, 7) is 6.13. The SMILES string of the molecule is CC(=O)c1ccc(OCCCC(=O)Nc2nc(-c3cc(C)sc3C)cs2)cc1. The number of nitrogens with zero attached hydrogens (tertiary/aromatic N) is 1. The van der Waals surface area contributed by atoms with Gasteiger partial charge in [0.25, 0.3) is 0 Å². The first-order valence-corrected chi connectivity index (χ1v) is 10.7. The van der Waals surface area contributed by atoms with Crippen molar-refractivity contribution in [3.8, 4) is 17.0 Å². The average Bonchev–Trinajstić information content (AvgIpc) is 3.24. The summed E-state index contributed by atoms with van der Waals surface area (Å²) in [6.07, 6.45) is 0.957. The minimum Gasteiger partial charge on any atom is -0.494 e. The normalized spacial score (nSPS) is 10.7. The number of aromatic nitrogens is 1. The molecule has 3 aromatic rings. The van der Waals surface area contributed by atoms with Gasteiger partial charge in [-0.05, 0) is 57.5 Å². The highest BCUT2D eigenvalue weighted by Crippen LogP contribution is 2.32. The van der Waals surface area contributed by atoms with Crippen molar-refractivity contribution in [2.75, 3.05) is 11.9 Å². The molecule has 0 saturated heterocycles. The lowest BCUT2D eigenvalue weighted by Crippen LogP contribution is -2.12. The Morgan fingerprint density at radius 1 is 1.18 bits per heavy atom. The van der Waals surface area contributed by atoms with Crippen LogP contribution in [-0.4, -0.2) is 23.3 Å². The van der Waals surface area contributed by atoms with E-state index in [1.807, 2.05) is 5.38 Å². The van der Waals surface area contributed by atoms with Crippen LogP contribution >= 0.6 is 22.7 Å². The fourth-order valence-electron chi connectivity index (χ4n) is 2.73. The highest BCUT2D eigenvalue weighted by Gasteiger charge is 2.11. The summed E-state index contributed by atoms with van der Waals surface area (Å²) in [5, 5.41) is 5.44. The number of ether oxygens (including phenoxy) is 1. The van der Waals surface area contributed by atoms with Gasteiger partial charge in [0.2, 0.25) is 5.91 Å². The largest absolute Gasteiger partial charge is 0.494 e. The Labute approximate surface area is 172 Å². The lowest BCUT2D eigenvalue weighted by molar-refractivity contribution is -0.116. The Morgan fingerprint density at radius 3 is 2.57 bits per heavy atom. The molecule has 0 radical (unpaired) electrons. The van der Waals surface area contributed by atoms with E-state index in [-0.39, 0.29) is 11.7 Å². The molecule has 7 heteroatoms. The minimum atomic E-state index is -0.0744. The summed E-state index contributed by atoms with van der Waals surface area (Å²) >= 11 is 3.18. The number of anilines is 1. The molecular weight excluding hydrogens is 392 g/mol. The Hall–Kier alpha value is -2.51. The third-order valence-corrected chi connectivity index (χ3v) is 5.87. The number of thiophene rings is 1. The van der Waals surface area contributed by atoms with Crippen LogP contribution in [0.15, 0.2) is 35.7 Å². The number of rotatable bonds is 8. The Morgan fingerprint density at radius 2 is 1.93 bits per heavy atom. The van der Waals surface area contributed by atoms with Crippen LogP contribution in [0.1, 0.15) is 39.9 Å². The molecule has 2 heterocycles. The molecule has 146 valence electrons. The molecule has 0 fully saturated rings. The average molecular weight is 415 g/mol. The van der Waals surface area contributed by atoms with Gasteiger partial charge in [-0.3, -0.25) is 9.59 Å². The zero-order chi connectivity index (χ0) is 20.1. The quantitative estimate of drug-likeness (QED) is 0.391. The zero-order valence-corrected chi connectivity index (χ0v) is 17.7. The molecule has 2 aromatic heterocycles. The second-order valence-corrected chi connectivity index (χ2v) is 8.76. The number of hydrogen-bond donors (Lipinski definition) is 1. The number of hydrogen-bond acceptors (Lipinski definition) is 6. The molecule has 0 unspecified atom stereocenters. The van der Waals surface area contributed by atoms with Crippen LogP contribution in [0.25, 0.3) is 11.3 Å². The summed E-state index contributed by atoms with van der Waals surface area (Å²) in [4.78, 5) is 30.4. The molecule has 1 aromatic carbocycles. The van der Waals surface area contributed by atoms with Crippen LogP contribution in [0.4, 0.5) is 5.13 Å². The van der Waals surface area contributed by atoms with Crippen molar-refractivity contribution in [3.05, 3.63) is 51.0 Å². The molecule has 28 heavy (non-hydrogen) atoms. The van der Waals surface area contributed by atoms with Crippen molar-refractivity contribution in [1.82, 2.24) is 4.98 Å². The second kappa shape index (κ2) is 9.12. The highest BCUT2D eigenvalue weighted by molar-refractivity contribution is 7.14. The smallest absolute Gasteiger partial charge is 0.226 e. The first-order chi connectivity index (χ1) is 13.4. The van der Waals surface area contributed by atoms with Crippen molar-refractivity contribution in [1.29, 1.82) is 0 Å². The summed E-state index contributed by atoms with van der Waals surface area (Å²) in [5.74, 6) is 0.643. The molecule has 1 N–H and O–H groups in total. The topological polar surface area (TPSA) is 68.3 Å². The fourth-order valence-corrected chi connectivity index (χ4v) is 4.39. The predicted molar refractivity (Wildman–Crippen MR) is 115 cm³/mol. The Kier molecular flexibility index (Phi) is 6.59. The number of carbonyl (C=O) groups excluding carboxylic acids is 2. The van der Waals surface area contributed by atoms with E-state index in [9.17, 15) is 9.59 Å². The van der Waals surface area contributed by atoms with Gasteiger partial charge in [0, 0.05) is 32.7 Å². The number of aryl methyl sites for hydroxylation is 2. The third-order valence-electron chi connectivity index (χ3n) is 4.15. The standard InChI is InChI=1S/C21H22N2O3S2/c1-13-11-18(15(3)28-13)19-12-27-21(22-19)23-20(25)5-4-10-26-17-8-6-16(7-9-17)14(2)24/h6-9,11-12H,4-5,10H2,1-3H3,(H,22,23,25). The van der Waals surface area contributed by atoms with Gasteiger partial charge in [0.1, 0.15) is 5.75 Å². The molecule has 0 bridgehead atoms. The van der Waals surface area contributed by atoms with Gasteiger partial charge in [-0.1, -0.05) is 0 Å². The van der Waals surface area contributed by atoms with Gasteiger partial charge in [-0.15, -0.1) is 22.7 Å². The third kappa shape index (κ3) is 5.27.